The van der Waals surface area contributed by atoms with E-state index in [0.717, 1.165) is 17.3 Å². The van der Waals surface area contributed by atoms with Crippen LogP contribution in [0.25, 0.3) is 10.8 Å². The summed E-state index contributed by atoms with van der Waals surface area (Å²) in [6.45, 7) is 6.07. The van der Waals surface area contributed by atoms with Crippen LogP contribution >= 0.6 is 11.8 Å². The fourth-order valence-electron chi connectivity index (χ4n) is 4.61. The summed E-state index contributed by atoms with van der Waals surface area (Å²) in [5.41, 5.74) is 3.85. The van der Waals surface area contributed by atoms with Gasteiger partial charge < -0.3 is 10.0 Å². The number of aliphatic carboxylic acids is 1. The zero-order valence-corrected chi connectivity index (χ0v) is 19.2. The highest BCUT2D eigenvalue weighted by atomic mass is 32.2. The first-order chi connectivity index (χ1) is 14.9. The third-order valence-corrected chi connectivity index (χ3v) is 7.21. The van der Waals surface area contributed by atoms with Crippen molar-refractivity contribution in [3.63, 3.8) is 0 Å². The first kappa shape index (κ1) is 21.4. The third kappa shape index (κ3) is 4.19. The molecule has 2 aliphatic heterocycles. The van der Waals surface area contributed by atoms with E-state index in [1.807, 2.05) is 6.08 Å². The fraction of sp³-hybridized carbons (Fsp3) is 0.308. The second kappa shape index (κ2) is 8.75. The van der Waals surface area contributed by atoms with Crippen LogP contribution in [0, 0.1) is 0 Å². The molecule has 2 heterocycles. The first-order valence-electron chi connectivity index (χ1n) is 10.7. The van der Waals surface area contributed by atoms with Gasteiger partial charge in [0.1, 0.15) is 7.05 Å². The van der Waals surface area contributed by atoms with Gasteiger partial charge in [0.15, 0.2) is 5.71 Å². The molecule has 2 aromatic rings. The smallest absolute Gasteiger partial charge is 0.305 e. The lowest BCUT2D eigenvalue weighted by Gasteiger charge is -2.17. The predicted octanol–water partition coefficient (Wildman–Crippen LogP) is 5.32. The highest BCUT2D eigenvalue weighted by Gasteiger charge is 2.43. The van der Waals surface area contributed by atoms with Gasteiger partial charge in [-0.3, -0.25) is 4.79 Å². The Balaban J connectivity index is 1.52. The minimum atomic E-state index is -0.746. The quantitative estimate of drug-likeness (QED) is 0.494. The molecule has 4 nitrogen and oxygen atoms in total. The molecule has 0 radical (unpaired) electrons. The number of rotatable bonds is 6. The largest absolute Gasteiger partial charge is 0.481 e. The predicted molar refractivity (Wildman–Crippen MR) is 130 cm³/mol. The molecule has 0 bridgehead atoms. The summed E-state index contributed by atoms with van der Waals surface area (Å²) >= 11 is 1.78. The molecule has 1 N–H and O–H groups in total. The molecule has 1 saturated heterocycles. The molecule has 4 rings (SSSR count). The van der Waals surface area contributed by atoms with Crippen LogP contribution in [0.4, 0.5) is 5.69 Å². The topological polar surface area (TPSA) is 43.5 Å². The van der Waals surface area contributed by atoms with Crippen LogP contribution in [0.15, 0.2) is 71.8 Å². The molecule has 0 atom stereocenters. The number of nitrogens with zero attached hydrogens (tertiary/aromatic N) is 2. The van der Waals surface area contributed by atoms with Crippen molar-refractivity contribution in [1.29, 1.82) is 0 Å². The van der Waals surface area contributed by atoms with E-state index in [1.54, 1.807) is 11.8 Å². The maximum Gasteiger partial charge on any atom is 0.305 e. The van der Waals surface area contributed by atoms with Crippen LogP contribution in [-0.2, 0) is 10.2 Å². The number of allylic oxidation sites excluding steroid dienone is 5. The van der Waals surface area contributed by atoms with Gasteiger partial charge in [0.25, 0.3) is 0 Å². The summed E-state index contributed by atoms with van der Waals surface area (Å²) in [4.78, 5) is 13.0. The lowest BCUT2D eigenvalue weighted by molar-refractivity contribution is -0.401. The van der Waals surface area contributed by atoms with Crippen molar-refractivity contribution >= 4 is 39.9 Å². The average molecular weight is 434 g/mol. The molecule has 1 fully saturated rings. The van der Waals surface area contributed by atoms with Crippen molar-refractivity contribution in [3.8, 4) is 0 Å². The summed E-state index contributed by atoms with van der Waals surface area (Å²) in [5, 5.41) is 12.7. The van der Waals surface area contributed by atoms with E-state index in [1.165, 1.54) is 27.7 Å². The van der Waals surface area contributed by atoms with Gasteiger partial charge in [-0.1, -0.05) is 42.5 Å². The molecule has 0 amide bonds. The molecule has 0 saturated carbocycles. The van der Waals surface area contributed by atoms with E-state index < -0.39 is 5.97 Å². The molecule has 0 aliphatic carbocycles. The SMILES string of the molecule is C[N+]1=C(/C=C/C=C/C=C2\SCCN2CCC(=O)O)C(C)(C)c2c1ccc1ccccc21. The van der Waals surface area contributed by atoms with Crippen molar-refractivity contribution < 1.29 is 14.5 Å². The maximum atomic E-state index is 10.8. The Kier molecular flexibility index (Phi) is 6.05. The van der Waals surface area contributed by atoms with E-state index in [9.17, 15) is 4.79 Å². The van der Waals surface area contributed by atoms with Crippen LogP contribution in [0.1, 0.15) is 25.8 Å². The van der Waals surface area contributed by atoms with E-state index in [0.29, 0.717) is 6.54 Å². The van der Waals surface area contributed by atoms with Gasteiger partial charge in [-0.15, -0.1) is 11.8 Å². The number of hydrogen-bond donors (Lipinski definition) is 1. The summed E-state index contributed by atoms with van der Waals surface area (Å²) in [6, 6.07) is 13.0. The molecule has 2 aromatic carbocycles. The summed E-state index contributed by atoms with van der Waals surface area (Å²) in [5.74, 6) is 0.266. The van der Waals surface area contributed by atoms with Crippen LogP contribution < -0.4 is 0 Å². The van der Waals surface area contributed by atoms with E-state index in [-0.39, 0.29) is 11.8 Å². The van der Waals surface area contributed by atoms with E-state index in [2.05, 4.69) is 91.1 Å². The Morgan fingerprint density at radius 3 is 2.81 bits per heavy atom. The molecular weight excluding hydrogens is 404 g/mol. The lowest BCUT2D eigenvalue weighted by atomic mass is 9.79. The second-order valence-corrected chi connectivity index (χ2v) is 9.59. The van der Waals surface area contributed by atoms with Gasteiger partial charge in [-0.25, -0.2) is 0 Å². The zero-order valence-electron chi connectivity index (χ0n) is 18.3. The molecule has 31 heavy (non-hydrogen) atoms. The Morgan fingerprint density at radius 1 is 1.19 bits per heavy atom. The fourth-order valence-corrected chi connectivity index (χ4v) is 5.67. The number of carboxylic acid groups (broad SMARTS) is 1. The van der Waals surface area contributed by atoms with Crippen LogP contribution in [0.3, 0.4) is 0 Å². The lowest BCUT2D eigenvalue weighted by Crippen LogP contribution is -2.26. The van der Waals surface area contributed by atoms with Gasteiger partial charge in [0, 0.05) is 36.5 Å². The second-order valence-electron chi connectivity index (χ2n) is 8.48. The minimum absolute atomic E-state index is 0.0807. The Bertz CT molecular complexity index is 1140. The standard InChI is InChI=1S/C26H28N2O2S/c1-26(2)22(27(3)21-14-13-19-9-7-8-10-20(19)25(21)26)11-5-4-6-12-23-28(17-18-31-23)16-15-24(29)30/h4-14H,15-18H2,1-3H3/p+1. The van der Waals surface area contributed by atoms with Gasteiger partial charge >= 0.3 is 5.97 Å². The van der Waals surface area contributed by atoms with Crippen molar-refractivity contribution in [3.05, 3.63) is 77.4 Å². The third-order valence-electron chi connectivity index (χ3n) is 6.13. The Morgan fingerprint density at radius 2 is 2.00 bits per heavy atom. The van der Waals surface area contributed by atoms with Gasteiger partial charge in [0.05, 0.1) is 16.9 Å². The van der Waals surface area contributed by atoms with E-state index >= 15 is 0 Å². The van der Waals surface area contributed by atoms with Gasteiger partial charge in [0.2, 0.25) is 5.69 Å². The highest BCUT2D eigenvalue weighted by Crippen LogP contribution is 2.43. The molecule has 160 valence electrons. The number of thioether (sulfide) groups is 1. The number of benzene rings is 2. The summed E-state index contributed by atoms with van der Waals surface area (Å²) in [6.07, 6.45) is 10.7. The molecule has 0 unspecified atom stereocenters. The minimum Gasteiger partial charge on any atom is -0.481 e. The van der Waals surface area contributed by atoms with Gasteiger partial charge in [-0.2, -0.15) is 4.58 Å². The van der Waals surface area contributed by atoms with Crippen LogP contribution in [0.5, 0.6) is 0 Å². The average Bonchev–Trinajstić information content (AvgIpc) is 3.27. The molecule has 2 aliphatic rings. The summed E-state index contributed by atoms with van der Waals surface area (Å²) < 4.78 is 2.30. The van der Waals surface area contributed by atoms with E-state index in [4.69, 9.17) is 5.11 Å². The molecule has 5 heteroatoms. The monoisotopic (exact) mass is 433 g/mol. The normalized spacial score (nSPS) is 19.5. The van der Waals surface area contributed by atoms with Crippen molar-refractivity contribution in [2.45, 2.75) is 25.7 Å². The number of carboxylic acids is 1. The zero-order chi connectivity index (χ0) is 22.0. The van der Waals surface area contributed by atoms with Crippen molar-refractivity contribution in [2.24, 2.45) is 0 Å². The highest BCUT2D eigenvalue weighted by molar-refractivity contribution is 8.03. The molecule has 0 spiro atoms. The van der Waals surface area contributed by atoms with Gasteiger partial charge in [-0.05, 0) is 36.8 Å². The van der Waals surface area contributed by atoms with Crippen LogP contribution in [0.2, 0.25) is 0 Å². The molecule has 0 aromatic heterocycles. The number of fused-ring (bicyclic) bond motifs is 3. The first-order valence-corrected chi connectivity index (χ1v) is 11.7. The van der Waals surface area contributed by atoms with Crippen LogP contribution in [-0.4, -0.2) is 52.2 Å². The number of hydrogen-bond acceptors (Lipinski definition) is 3. The molecular formula is C26H29N2O2S+. The Hall–Kier alpha value is -2.79. The maximum absolute atomic E-state index is 10.8. The van der Waals surface area contributed by atoms with Crippen molar-refractivity contribution in [1.82, 2.24) is 4.90 Å². The summed E-state index contributed by atoms with van der Waals surface area (Å²) in [7, 11) is 2.14. The Labute approximate surface area is 188 Å². The van der Waals surface area contributed by atoms with Crippen molar-refractivity contribution in [2.75, 3.05) is 25.9 Å². The number of carbonyl (C=O) groups is 1.